The molecule has 2 heterocycles. The normalized spacial score (nSPS) is 12.9. The number of hydrogen-bond donors (Lipinski definition) is 2. The molecule has 0 atom stereocenters. The average molecular weight is 409 g/mol. The van der Waals surface area contributed by atoms with Gasteiger partial charge < -0.3 is 15.4 Å². The highest BCUT2D eigenvalue weighted by Crippen LogP contribution is 2.29. The summed E-state index contributed by atoms with van der Waals surface area (Å²) in [5.41, 5.74) is 3.72. The van der Waals surface area contributed by atoms with Crippen molar-refractivity contribution in [3.63, 3.8) is 0 Å². The smallest absolute Gasteiger partial charge is 0.229 e. The maximum atomic E-state index is 6.10. The van der Waals surface area contributed by atoms with E-state index in [1.165, 1.54) is 0 Å². The Balaban J connectivity index is 1.50. The van der Waals surface area contributed by atoms with E-state index in [4.69, 9.17) is 16.3 Å². The lowest BCUT2D eigenvalue weighted by molar-refractivity contribution is 0.415. The van der Waals surface area contributed by atoms with Crippen LogP contribution in [0.3, 0.4) is 0 Å². The van der Waals surface area contributed by atoms with Gasteiger partial charge in [0.05, 0.1) is 17.8 Å². The molecule has 0 saturated heterocycles. The van der Waals surface area contributed by atoms with Crippen molar-refractivity contribution < 1.29 is 4.74 Å². The van der Waals surface area contributed by atoms with Crippen LogP contribution in [0.4, 0.5) is 28.8 Å². The predicted octanol–water partition coefficient (Wildman–Crippen LogP) is 5.13. The van der Waals surface area contributed by atoms with Gasteiger partial charge >= 0.3 is 0 Å². The van der Waals surface area contributed by atoms with Crippen LogP contribution in [0.25, 0.3) is 0 Å². The highest BCUT2D eigenvalue weighted by Gasteiger charge is 2.10. The average Bonchev–Trinajstić information content (AvgIpc) is 3.27. The fraction of sp³-hybridized carbons (Fsp3) is 0.190. The summed E-state index contributed by atoms with van der Waals surface area (Å²) in [4.78, 5) is 8.98. The predicted molar refractivity (Wildman–Crippen MR) is 118 cm³/mol. The fourth-order valence-electron chi connectivity index (χ4n) is 2.94. The molecule has 7 nitrogen and oxygen atoms in total. The van der Waals surface area contributed by atoms with Crippen LogP contribution >= 0.6 is 11.6 Å². The Labute approximate surface area is 174 Å². The minimum Gasteiger partial charge on any atom is -0.495 e. The van der Waals surface area contributed by atoms with Crippen molar-refractivity contribution >= 4 is 46.6 Å². The maximum absolute atomic E-state index is 6.10. The second-order valence-electron chi connectivity index (χ2n) is 6.58. The van der Waals surface area contributed by atoms with Gasteiger partial charge in [-0.2, -0.15) is 10.1 Å². The minimum atomic E-state index is 0.506. The number of ether oxygens (including phenoxy) is 1. The molecule has 0 bridgehead atoms. The van der Waals surface area contributed by atoms with Gasteiger partial charge in [-0.3, -0.25) is 5.01 Å². The molecule has 2 N–H and O–H groups in total. The Morgan fingerprint density at radius 2 is 1.86 bits per heavy atom. The summed E-state index contributed by atoms with van der Waals surface area (Å²) < 4.78 is 5.27. The van der Waals surface area contributed by atoms with Gasteiger partial charge in [0.1, 0.15) is 11.6 Å². The van der Waals surface area contributed by atoms with E-state index in [1.54, 1.807) is 19.4 Å². The van der Waals surface area contributed by atoms with Crippen molar-refractivity contribution in [3.8, 4) is 5.75 Å². The highest BCUT2D eigenvalue weighted by atomic mass is 35.5. The monoisotopic (exact) mass is 408 g/mol. The first-order chi connectivity index (χ1) is 14.1. The van der Waals surface area contributed by atoms with Gasteiger partial charge in [-0.15, -0.1) is 0 Å². The first-order valence-electron chi connectivity index (χ1n) is 9.23. The number of benzene rings is 2. The Hall–Kier alpha value is -3.32. The van der Waals surface area contributed by atoms with Crippen molar-refractivity contribution in [2.24, 2.45) is 5.10 Å². The summed E-state index contributed by atoms with van der Waals surface area (Å²) in [7, 11) is 1.59. The van der Waals surface area contributed by atoms with Crippen LogP contribution in [0.15, 0.2) is 53.8 Å². The number of nitrogens with zero attached hydrogens (tertiary/aromatic N) is 4. The van der Waals surface area contributed by atoms with Crippen LogP contribution < -0.4 is 20.4 Å². The Morgan fingerprint density at radius 3 is 2.59 bits per heavy atom. The van der Waals surface area contributed by atoms with E-state index in [9.17, 15) is 0 Å². The summed E-state index contributed by atoms with van der Waals surface area (Å²) >= 11 is 6.10. The molecule has 1 aliphatic heterocycles. The summed E-state index contributed by atoms with van der Waals surface area (Å²) in [6.45, 7) is 2.86. The molecule has 0 unspecified atom stereocenters. The molecule has 0 saturated carbocycles. The number of aromatic nitrogens is 2. The van der Waals surface area contributed by atoms with Crippen LogP contribution in [0.5, 0.6) is 5.75 Å². The fourth-order valence-corrected chi connectivity index (χ4v) is 3.13. The van der Waals surface area contributed by atoms with E-state index in [-0.39, 0.29) is 0 Å². The van der Waals surface area contributed by atoms with Crippen LogP contribution in [-0.4, -0.2) is 29.8 Å². The van der Waals surface area contributed by atoms with Gasteiger partial charge in [0.2, 0.25) is 5.95 Å². The number of aryl methyl sites for hydroxylation is 1. The zero-order valence-electron chi connectivity index (χ0n) is 16.2. The first kappa shape index (κ1) is 19.0. The van der Waals surface area contributed by atoms with Crippen molar-refractivity contribution in [2.45, 2.75) is 13.3 Å². The van der Waals surface area contributed by atoms with Crippen molar-refractivity contribution in [1.29, 1.82) is 0 Å². The number of hydrazone groups is 1. The largest absolute Gasteiger partial charge is 0.495 e. The molecule has 0 aliphatic carbocycles. The standard InChI is InChI=1S/C21H21ClN6O/c1-14-13-23-21(26-15-4-7-17(8-5-15)28-11-3-10-24-28)27-20(14)25-16-6-9-18(22)19(12-16)29-2/h4-10,12-13H,3,11H2,1-2H3,(H2,23,25,26,27). The van der Waals surface area contributed by atoms with Crippen molar-refractivity contribution in [3.05, 3.63) is 59.2 Å². The second-order valence-corrected chi connectivity index (χ2v) is 6.99. The molecule has 0 spiro atoms. The molecule has 0 fully saturated rings. The Kier molecular flexibility index (Phi) is 5.48. The molecule has 2 aromatic carbocycles. The molecule has 0 radical (unpaired) electrons. The molecule has 1 aliphatic rings. The van der Waals surface area contributed by atoms with E-state index in [0.717, 1.165) is 35.6 Å². The van der Waals surface area contributed by atoms with Gasteiger partial charge in [-0.25, -0.2) is 4.98 Å². The van der Waals surface area contributed by atoms with Crippen LogP contribution in [-0.2, 0) is 0 Å². The van der Waals surface area contributed by atoms with Gasteiger partial charge in [-0.1, -0.05) is 11.6 Å². The van der Waals surface area contributed by atoms with Gasteiger partial charge in [0.25, 0.3) is 0 Å². The quantitative estimate of drug-likeness (QED) is 0.589. The molecular formula is C21H21ClN6O. The third kappa shape index (κ3) is 4.41. The van der Waals surface area contributed by atoms with E-state index < -0.39 is 0 Å². The number of methoxy groups -OCH3 is 1. The van der Waals surface area contributed by atoms with Crippen molar-refractivity contribution in [1.82, 2.24) is 9.97 Å². The Morgan fingerprint density at radius 1 is 1.07 bits per heavy atom. The topological polar surface area (TPSA) is 74.7 Å². The van der Waals surface area contributed by atoms with Crippen LogP contribution in [0, 0.1) is 6.92 Å². The number of halogens is 1. The van der Waals surface area contributed by atoms with Gasteiger partial charge in [-0.05, 0) is 43.3 Å². The highest BCUT2D eigenvalue weighted by molar-refractivity contribution is 6.32. The van der Waals surface area contributed by atoms with Gasteiger partial charge in [0.15, 0.2) is 0 Å². The molecular weight excluding hydrogens is 388 g/mol. The Bertz CT molecular complexity index is 1040. The summed E-state index contributed by atoms with van der Waals surface area (Å²) in [5.74, 6) is 1.81. The molecule has 148 valence electrons. The maximum Gasteiger partial charge on any atom is 0.229 e. The summed E-state index contributed by atoms with van der Waals surface area (Å²) in [6.07, 6.45) is 4.68. The molecule has 8 heteroatoms. The lowest BCUT2D eigenvalue weighted by Gasteiger charge is -2.15. The lowest BCUT2D eigenvalue weighted by Crippen LogP contribution is -2.11. The van der Waals surface area contributed by atoms with E-state index in [2.05, 4.69) is 25.7 Å². The minimum absolute atomic E-state index is 0.506. The first-order valence-corrected chi connectivity index (χ1v) is 9.61. The van der Waals surface area contributed by atoms with Crippen LogP contribution in [0.2, 0.25) is 5.02 Å². The molecule has 4 rings (SSSR count). The summed E-state index contributed by atoms with van der Waals surface area (Å²) in [5, 5.41) is 13.4. The number of nitrogens with one attached hydrogen (secondary N) is 2. The van der Waals surface area contributed by atoms with E-state index in [1.807, 2.05) is 54.5 Å². The van der Waals surface area contributed by atoms with E-state index in [0.29, 0.717) is 22.5 Å². The SMILES string of the molecule is COc1cc(Nc2nc(Nc3ccc(N4CCC=N4)cc3)ncc2C)ccc1Cl. The number of hydrogen-bond acceptors (Lipinski definition) is 7. The second kappa shape index (κ2) is 8.36. The molecule has 0 amide bonds. The van der Waals surface area contributed by atoms with Crippen molar-refractivity contribution in [2.75, 3.05) is 29.3 Å². The lowest BCUT2D eigenvalue weighted by atomic mass is 10.2. The molecule has 3 aromatic rings. The zero-order valence-corrected chi connectivity index (χ0v) is 16.9. The summed E-state index contributed by atoms with van der Waals surface area (Å²) in [6, 6.07) is 13.5. The third-order valence-electron chi connectivity index (χ3n) is 4.50. The van der Waals surface area contributed by atoms with Crippen LogP contribution in [0.1, 0.15) is 12.0 Å². The molecule has 29 heavy (non-hydrogen) atoms. The number of anilines is 5. The number of rotatable bonds is 6. The van der Waals surface area contributed by atoms with E-state index >= 15 is 0 Å². The van der Waals surface area contributed by atoms with Gasteiger partial charge in [0, 0.05) is 48.4 Å². The molecule has 1 aromatic heterocycles. The zero-order chi connectivity index (χ0) is 20.2. The third-order valence-corrected chi connectivity index (χ3v) is 4.81.